The van der Waals surface area contributed by atoms with Crippen LogP contribution >= 0.6 is 0 Å². The largest absolute Gasteiger partial charge is 0.476 e. The first-order valence-electron chi connectivity index (χ1n) is 8.97. The summed E-state index contributed by atoms with van der Waals surface area (Å²) in [5.74, 6) is -1.55. The first kappa shape index (κ1) is 19.5. The average Bonchev–Trinajstić information content (AvgIpc) is 3.33. The van der Waals surface area contributed by atoms with E-state index in [0.717, 1.165) is 0 Å². The van der Waals surface area contributed by atoms with Gasteiger partial charge in [0.15, 0.2) is 5.69 Å². The van der Waals surface area contributed by atoms with Crippen LogP contribution in [0.4, 0.5) is 5.69 Å². The third-order valence-electron chi connectivity index (χ3n) is 4.70. The van der Waals surface area contributed by atoms with E-state index >= 15 is 0 Å². The number of carboxylic acids is 1. The molecule has 2 atom stereocenters. The molecule has 1 fully saturated rings. The third kappa shape index (κ3) is 4.01. The minimum Gasteiger partial charge on any atom is -0.476 e. The van der Waals surface area contributed by atoms with E-state index in [1.165, 1.54) is 10.9 Å². The summed E-state index contributed by atoms with van der Waals surface area (Å²) in [7, 11) is 0. The smallest absolute Gasteiger partial charge is 0.358 e. The monoisotopic (exact) mass is 386 g/mol. The average molecular weight is 386 g/mol. The van der Waals surface area contributed by atoms with Gasteiger partial charge in [0.25, 0.3) is 5.91 Å². The molecular weight excluding hydrogens is 364 g/mol. The second-order valence-corrected chi connectivity index (χ2v) is 6.57. The molecule has 1 aromatic heterocycles. The normalized spacial score (nSPS) is 18.6. The Kier molecular flexibility index (Phi) is 5.69. The van der Waals surface area contributed by atoms with Crippen LogP contribution in [0.3, 0.4) is 0 Å². The lowest BCUT2D eigenvalue weighted by Gasteiger charge is -2.15. The van der Waals surface area contributed by atoms with Crippen molar-refractivity contribution in [1.82, 2.24) is 25.6 Å². The number of hydrogen-bond acceptors (Lipinski definition) is 6. The SMILES string of the molecule is CCNC(=O)c1cccc(NC(=O)[C@@H]2C[C@H](n3cc(C(=O)O)nn3)CN2)c1C. The maximum absolute atomic E-state index is 12.7. The van der Waals surface area contributed by atoms with Crippen molar-refractivity contribution in [3.8, 4) is 0 Å². The molecule has 4 N–H and O–H groups in total. The fourth-order valence-electron chi connectivity index (χ4n) is 3.16. The zero-order chi connectivity index (χ0) is 20.3. The van der Waals surface area contributed by atoms with Gasteiger partial charge in [0.05, 0.1) is 18.3 Å². The predicted octanol–water partition coefficient (Wildman–Crippen LogP) is 0.576. The predicted molar refractivity (Wildman–Crippen MR) is 100 cm³/mol. The number of benzene rings is 1. The molecule has 28 heavy (non-hydrogen) atoms. The maximum atomic E-state index is 12.7. The van der Waals surface area contributed by atoms with E-state index < -0.39 is 12.0 Å². The number of aromatic nitrogens is 3. The summed E-state index contributed by atoms with van der Waals surface area (Å²) in [6, 6.07) is 4.55. The lowest BCUT2D eigenvalue weighted by atomic mass is 10.1. The van der Waals surface area contributed by atoms with Gasteiger partial charge in [-0.2, -0.15) is 0 Å². The lowest BCUT2D eigenvalue weighted by molar-refractivity contribution is -0.117. The first-order valence-corrected chi connectivity index (χ1v) is 8.97. The molecule has 1 aliphatic rings. The van der Waals surface area contributed by atoms with Crippen LogP contribution in [0.25, 0.3) is 0 Å². The summed E-state index contributed by atoms with van der Waals surface area (Å²) in [6.45, 7) is 4.62. The van der Waals surface area contributed by atoms with E-state index in [1.54, 1.807) is 25.1 Å². The Balaban J connectivity index is 1.66. The Labute approximate surface area is 161 Å². The summed E-state index contributed by atoms with van der Waals surface area (Å²) in [6.07, 6.45) is 1.80. The van der Waals surface area contributed by atoms with Gasteiger partial charge >= 0.3 is 5.97 Å². The van der Waals surface area contributed by atoms with Crippen LogP contribution in [0.5, 0.6) is 0 Å². The van der Waals surface area contributed by atoms with Crippen LogP contribution in [0.15, 0.2) is 24.4 Å². The molecule has 0 aliphatic carbocycles. The van der Waals surface area contributed by atoms with E-state index in [9.17, 15) is 14.4 Å². The molecule has 2 aromatic rings. The highest BCUT2D eigenvalue weighted by Gasteiger charge is 2.32. The molecule has 2 heterocycles. The van der Waals surface area contributed by atoms with Gasteiger partial charge in [-0.15, -0.1) is 5.10 Å². The van der Waals surface area contributed by atoms with E-state index in [0.29, 0.717) is 36.3 Å². The van der Waals surface area contributed by atoms with Crippen LogP contribution in [0, 0.1) is 6.92 Å². The minimum atomic E-state index is -1.14. The number of hydrogen-bond donors (Lipinski definition) is 4. The molecule has 0 unspecified atom stereocenters. The van der Waals surface area contributed by atoms with E-state index in [2.05, 4.69) is 26.3 Å². The Morgan fingerprint density at radius 1 is 1.36 bits per heavy atom. The quantitative estimate of drug-likeness (QED) is 0.569. The van der Waals surface area contributed by atoms with E-state index in [1.807, 2.05) is 6.92 Å². The van der Waals surface area contributed by atoms with Crippen LogP contribution in [0.1, 0.15) is 45.8 Å². The van der Waals surface area contributed by atoms with Crippen molar-refractivity contribution in [3.63, 3.8) is 0 Å². The summed E-state index contributed by atoms with van der Waals surface area (Å²) in [4.78, 5) is 35.7. The second kappa shape index (κ2) is 8.17. The first-order chi connectivity index (χ1) is 13.4. The maximum Gasteiger partial charge on any atom is 0.358 e. The number of carboxylic acid groups (broad SMARTS) is 1. The van der Waals surface area contributed by atoms with Crippen LogP contribution < -0.4 is 16.0 Å². The summed E-state index contributed by atoms with van der Waals surface area (Å²) >= 11 is 0. The highest BCUT2D eigenvalue weighted by Crippen LogP contribution is 2.23. The lowest BCUT2D eigenvalue weighted by Crippen LogP contribution is -2.35. The van der Waals surface area contributed by atoms with Crippen molar-refractivity contribution in [2.75, 3.05) is 18.4 Å². The summed E-state index contributed by atoms with van der Waals surface area (Å²) < 4.78 is 1.46. The Morgan fingerprint density at radius 2 is 2.14 bits per heavy atom. The fraction of sp³-hybridized carbons (Fsp3) is 0.389. The highest BCUT2D eigenvalue weighted by molar-refractivity contribution is 6.00. The Morgan fingerprint density at radius 3 is 2.82 bits per heavy atom. The van der Waals surface area contributed by atoms with Gasteiger partial charge in [0, 0.05) is 24.3 Å². The number of aromatic carboxylic acids is 1. The minimum absolute atomic E-state index is 0.134. The summed E-state index contributed by atoms with van der Waals surface area (Å²) in [5.41, 5.74) is 1.65. The number of nitrogens with zero attached hydrogens (tertiary/aromatic N) is 3. The number of anilines is 1. The molecule has 2 amide bonds. The highest BCUT2D eigenvalue weighted by atomic mass is 16.4. The van der Waals surface area contributed by atoms with Gasteiger partial charge in [-0.05, 0) is 38.0 Å². The standard InChI is InChI=1S/C18H22N6O4/c1-3-19-16(25)12-5-4-6-13(10(12)2)21-17(26)14-7-11(8-20-14)24-9-15(18(27)28)22-23-24/h4-6,9,11,14,20H,3,7-8H2,1-2H3,(H,19,25)(H,21,26)(H,27,28)/t11-,14-/m0/s1. The van der Waals surface area contributed by atoms with Gasteiger partial charge in [0.2, 0.25) is 5.91 Å². The Hall–Kier alpha value is -3.27. The van der Waals surface area contributed by atoms with Crippen LogP contribution in [0.2, 0.25) is 0 Å². The number of nitrogens with one attached hydrogen (secondary N) is 3. The number of rotatable bonds is 6. The molecule has 0 spiro atoms. The van der Waals surface area contributed by atoms with E-state index in [-0.39, 0.29) is 23.6 Å². The summed E-state index contributed by atoms with van der Waals surface area (Å²) in [5, 5.41) is 25.1. The van der Waals surface area contributed by atoms with Crippen molar-refractivity contribution < 1.29 is 19.5 Å². The molecule has 1 saturated heterocycles. The topological polar surface area (TPSA) is 138 Å². The zero-order valence-corrected chi connectivity index (χ0v) is 15.6. The van der Waals surface area contributed by atoms with Crippen molar-refractivity contribution in [2.45, 2.75) is 32.4 Å². The van der Waals surface area contributed by atoms with Crippen LogP contribution in [-0.4, -0.2) is 57.0 Å². The third-order valence-corrected chi connectivity index (χ3v) is 4.70. The molecule has 3 rings (SSSR count). The molecule has 148 valence electrons. The van der Waals surface area contributed by atoms with Crippen molar-refractivity contribution in [1.29, 1.82) is 0 Å². The van der Waals surface area contributed by atoms with Gasteiger partial charge < -0.3 is 21.1 Å². The van der Waals surface area contributed by atoms with Gasteiger partial charge in [-0.3, -0.25) is 9.59 Å². The molecule has 0 radical (unpaired) electrons. The number of amides is 2. The molecule has 0 saturated carbocycles. The number of carbonyl (C=O) groups excluding carboxylic acids is 2. The second-order valence-electron chi connectivity index (χ2n) is 6.57. The van der Waals surface area contributed by atoms with Gasteiger partial charge in [-0.1, -0.05) is 11.3 Å². The van der Waals surface area contributed by atoms with Gasteiger partial charge in [-0.25, -0.2) is 9.48 Å². The fourth-order valence-corrected chi connectivity index (χ4v) is 3.16. The molecular formula is C18H22N6O4. The molecule has 1 aliphatic heterocycles. The Bertz CT molecular complexity index is 909. The van der Waals surface area contributed by atoms with Crippen molar-refractivity contribution >= 4 is 23.5 Å². The zero-order valence-electron chi connectivity index (χ0n) is 15.6. The molecule has 0 bridgehead atoms. The molecule has 10 heteroatoms. The molecule has 1 aromatic carbocycles. The molecule has 10 nitrogen and oxygen atoms in total. The van der Waals surface area contributed by atoms with E-state index in [4.69, 9.17) is 5.11 Å². The van der Waals surface area contributed by atoms with Crippen LogP contribution in [-0.2, 0) is 4.79 Å². The van der Waals surface area contributed by atoms with Crippen molar-refractivity contribution in [3.05, 3.63) is 41.2 Å². The van der Waals surface area contributed by atoms with Gasteiger partial charge in [0.1, 0.15) is 0 Å². The number of carbonyl (C=O) groups is 3. The van der Waals surface area contributed by atoms with Crippen molar-refractivity contribution in [2.24, 2.45) is 0 Å².